The Morgan fingerprint density at radius 3 is 2.62 bits per heavy atom. The first-order valence-corrected chi connectivity index (χ1v) is 8.10. The molecule has 0 spiro atoms. The monoisotopic (exact) mass is 323 g/mol. The molecular weight excluding hydrogens is 305 g/mol. The zero-order valence-electron chi connectivity index (χ0n) is 13.2. The largest absolute Gasteiger partial charge is 0.461 e. The van der Waals surface area contributed by atoms with Crippen LogP contribution in [0.3, 0.4) is 0 Å². The van der Waals surface area contributed by atoms with Crippen molar-refractivity contribution < 1.29 is 8.81 Å². The molecule has 1 aromatic carbocycles. The van der Waals surface area contributed by atoms with Crippen LogP contribution in [0.15, 0.2) is 59.5 Å². The van der Waals surface area contributed by atoms with Gasteiger partial charge in [0, 0.05) is 31.0 Å². The fourth-order valence-electron chi connectivity index (χ4n) is 3.21. The smallest absolute Gasteiger partial charge is 0.195 e. The van der Waals surface area contributed by atoms with Crippen molar-refractivity contribution in [3.8, 4) is 11.6 Å². The highest BCUT2D eigenvalue weighted by atomic mass is 19.1. The van der Waals surface area contributed by atoms with Gasteiger partial charge in [-0.05, 0) is 48.7 Å². The summed E-state index contributed by atoms with van der Waals surface area (Å²) in [6.07, 6.45) is 6.43. The van der Waals surface area contributed by atoms with Gasteiger partial charge in [0.05, 0.1) is 6.26 Å². The van der Waals surface area contributed by atoms with E-state index in [0.29, 0.717) is 17.5 Å². The Morgan fingerprint density at radius 1 is 1.12 bits per heavy atom. The van der Waals surface area contributed by atoms with Crippen molar-refractivity contribution in [1.29, 1.82) is 0 Å². The highest BCUT2D eigenvalue weighted by Crippen LogP contribution is 2.28. The molecule has 0 radical (unpaired) electrons. The molecule has 0 N–H and O–H groups in total. The van der Waals surface area contributed by atoms with Gasteiger partial charge in [-0.15, -0.1) is 0 Å². The zero-order valence-corrected chi connectivity index (χ0v) is 13.2. The summed E-state index contributed by atoms with van der Waals surface area (Å²) in [6.45, 7) is 2.84. The molecule has 0 amide bonds. The standard InChI is InChI=1S/C19H18FN3O/c20-17-5-3-15(4-6-17)16-7-8-23(13-16)12-14-10-21-19(22-11-14)18-2-1-9-24-18/h1-6,9-11,16H,7-8,12-13H2/t16-/m0/s1. The normalized spacial score (nSPS) is 18.1. The minimum Gasteiger partial charge on any atom is -0.461 e. The van der Waals surface area contributed by atoms with Gasteiger partial charge in [0.2, 0.25) is 0 Å². The number of hydrogen-bond acceptors (Lipinski definition) is 4. The summed E-state index contributed by atoms with van der Waals surface area (Å²) in [5, 5.41) is 0. The Balaban J connectivity index is 1.38. The molecule has 1 aliphatic rings. The van der Waals surface area contributed by atoms with Gasteiger partial charge in [-0.2, -0.15) is 0 Å². The number of benzene rings is 1. The number of furan rings is 1. The van der Waals surface area contributed by atoms with E-state index in [4.69, 9.17) is 4.42 Å². The number of halogens is 1. The van der Waals surface area contributed by atoms with Crippen LogP contribution in [0.1, 0.15) is 23.5 Å². The average Bonchev–Trinajstić information content (AvgIpc) is 3.28. The molecule has 3 heterocycles. The molecule has 1 atom stereocenters. The van der Waals surface area contributed by atoms with Crippen LogP contribution in [0.25, 0.3) is 11.6 Å². The van der Waals surface area contributed by atoms with Gasteiger partial charge in [-0.25, -0.2) is 14.4 Å². The third-order valence-corrected chi connectivity index (χ3v) is 4.47. The molecule has 0 unspecified atom stereocenters. The van der Waals surface area contributed by atoms with Crippen LogP contribution >= 0.6 is 0 Å². The summed E-state index contributed by atoms with van der Waals surface area (Å²) in [5.41, 5.74) is 2.30. The van der Waals surface area contributed by atoms with E-state index in [1.54, 1.807) is 18.4 Å². The van der Waals surface area contributed by atoms with Crippen LogP contribution in [0.4, 0.5) is 4.39 Å². The van der Waals surface area contributed by atoms with Crippen molar-refractivity contribution in [1.82, 2.24) is 14.9 Å². The van der Waals surface area contributed by atoms with Crippen LogP contribution in [-0.2, 0) is 6.54 Å². The highest BCUT2D eigenvalue weighted by molar-refractivity contribution is 5.45. The molecular formula is C19H18FN3O. The van der Waals surface area contributed by atoms with Crippen molar-refractivity contribution in [2.24, 2.45) is 0 Å². The molecule has 0 aliphatic carbocycles. The summed E-state index contributed by atoms with van der Waals surface area (Å²) < 4.78 is 18.3. The summed E-state index contributed by atoms with van der Waals surface area (Å²) in [5.74, 6) is 1.57. The molecule has 3 aromatic rings. The summed E-state index contributed by atoms with van der Waals surface area (Å²) >= 11 is 0. The van der Waals surface area contributed by atoms with Gasteiger partial charge in [0.15, 0.2) is 11.6 Å². The lowest BCUT2D eigenvalue weighted by molar-refractivity contribution is 0.326. The Hall–Kier alpha value is -2.53. The second-order valence-electron chi connectivity index (χ2n) is 6.16. The van der Waals surface area contributed by atoms with Crippen LogP contribution in [-0.4, -0.2) is 28.0 Å². The molecule has 4 rings (SSSR count). The number of aromatic nitrogens is 2. The Bertz CT molecular complexity index is 784. The van der Waals surface area contributed by atoms with Crippen molar-refractivity contribution in [2.75, 3.05) is 13.1 Å². The van der Waals surface area contributed by atoms with E-state index >= 15 is 0 Å². The lowest BCUT2D eigenvalue weighted by Crippen LogP contribution is -2.20. The number of hydrogen-bond donors (Lipinski definition) is 0. The fourth-order valence-corrected chi connectivity index (χ4v) is 3.21. The third-order valence-electron chi connectivity index (χ3n) is 4.47. The molecule has 1 aliphatic heterocycles. The molecule has 1 saturated heterocycles. The van der Waals surface area contributed by atoms with E-state index in [0.717, 1.165) is 31.6 Å². The second kappa shape index (κ2) is 6.53. The summed E-state index contributed by atoms with van der Waals surface area (Å²) in [7, 11) is 0. The van der Waals surface area contributed by atoms with Gasteiger partial charge in [-0.1, -0.05) is 12.1 Å². The van der Waals surface area contributed by atoms with E-state index in [2.05, 4.69) is 14.9 Å². The Labute approximate surface area is 140 Å². The van der Waals surface area contributed by atoms with Crippen molar-refractivity contribution >= 4 is 0 Å². The van der Waals surface area contributed by atoms with Gasteiger partial charge >= 0.3 is 0 Å². The van der Waals surface area contributed by atoms with Gasteiger partial charge < -0.3 is 4.42 Å². The maximum Gasteiger partial charge on any atom is 0.195 e. The lowest BCUT2D eigenvalue weighted by Gasteiger charge is -2.16. The first kappa shape index (κ1) is 15.0. The molecule has 0 bridgehead atoms. The first-order chi connectivity index (χ1) is 11.8. The highest BCUT2D eigenvalue weighted by Gasteiger charge is 2.24. The van der Waals surface area contributed by atoms with E-state index in [1.165, 1.54) is 5.56 Å². The first-order valence-electron chi connectivity index (χ1n) is 8.10. The molecule has 24 heavy (non-hydrogen) atoms. The quantitative estimate of drug-likeness (QED) is 0.731. The van der Waals surface area contributed by atoms with Gasteiger partial charge in [0.1, 0.15) is 5.82 Å². The van der Waals surface area contributed by atoms with Crippen LogP contribution in [0.5, 0.6) is 0 Å². The summed E-state index contributed by atoms with van der Waals surface area (Å²) in [4.78, 5) is 11.1. The number of likely N-dealkylation sites (tertiary alicyclic amines) is 1. The average molecular weight is 323 g/mol. The number of nitrogens with zero attached hydrogens (tertiary/aromatic N) is 3. The minimum absolute atomic E-state index is 0.178. The van der Waals surface area contributed by atoms with E-state index in [9.17, 15) is 4.39 Å². The maximum atomic E-state index is 13.0. The maximum absolute atomic E-state index is 13.0. The SMILES string of the molecule is Fc1ccc([C@H]2CCN(Cc3cnc(-c4ccco4)nc3)C2)cc1. The molecule has 1 fully saturated rings. The molecule has 2 aromatic heterocycles. The minimum atomic E-state index is -0.178. The zero-order chi connectivity index (χ0) is 16.4. The van der Waals surface area contributed by atoms with Crippen molar-refractivity contribution in [3.05, 3.63) is 72.0 Å². The van der Waals surface area contributed by atoms with Crippen LogP contribution in [0.2, 0.25) is 0 Å². The predicted octanol–water partition coefficient (Wildman–Crippen LogP) is 3.87. The number of rotatable bonds is 4. The molecule has 5 heteroatoms. The lowest BCUT2D eigenvalue weighted by atomic mass is 9.99. The topological polar surface area (TPSA) is 42.2 Å². The van der Waals surface area contributed by atoms with E-state index in [-0.39, 0.29) is 5.82 Å². The van der Waals surface area contributed by atoms with Crippen molar-refractivity contribution in [3.63, 3.8) is 0 Å². The van der Waals surface area contributed by atoms with Gasteiger partial charge in [-0.3, -0.25) is 4.90 Å². The van der Waals surface area contributed by atoms with Gasteiger partial charge in [0.25, 0.3) is 0 Å². The van der Waals surface area contributed by atoms with Crippen molar-refractivity contribution in [2.45, 2.75) is 18.9 Å². The Morgan fingerprint density at radius 2 is 1.92 bits per heavy atom. The molecule has 122 valence electrons. The second-order valence-corrected chi connectivity index (χ2v) is 6.16. The van der Waals surface area contributed by atoms with Crippen LogP contribution in [0, 0.1) is 5.82 Å². The summed E-state index contributed by atoms with van der Waals surface area (Å²) in [6, 6.07) is 10.5. The third kappa shape index (κ3) is 3.21. The predicted molar refractivity (Wildman–Crippen MR) is 88.8 cm³/mol. The molecule has 4 nitrogen and oxygen atoms in total. The molecule has 0 saturated carbocycles. The van der Waals surface area contributed by atoms with E-state index in [1.807, 2.05) is 36.7 Å². The van der Waals surface area contributed by atoms with E-state index < -0.39 is 0 Å². The Kier molecular flexibility index (Phi) is 4.09. The van der Waals surface area contributed by atoms with Crippen LogP contribution < -0.4 is 0 Å². The fraction of sp³-hybridized carbons (Fsp3) is 0.263.